The van der Waals surface area contributed by atoms with Gasteiger partial charge in [-0.25, -0.2) is 14.4 Å². The van der Waals surface area contributed by atoms with E-state index < -0.39 is 0 Å². The molecule has 7 nitrogen and oxygen atoms in total. The molecular formula is C24H27FN6O. The van der Waals surface area contributed by atoms with Crippen molar-refractivity contribution in [1.29, 1.82) is 0 Å². The summed E-state index contributed by atoms with van der Waals surface area (Å²) in [5.74, 6) is 0.352. The lowest BCUT2D eigenvalue weighted by Crippen LogP contribution is -2.32. The van der Waals surface area contributed by atoms with Crippen molar-refractivity contribution in [3.8, 4) is 0 Å². The zero-order chi connectivity index (χ0) is 22.5. The number of rotatable bonds is 7. The zero-order valence-corrected chi connectivity index (χ0v) is 18.4. The average molecular weight is 435 g/mol. The van der Waals surface area contributed by atoms with Crippen molar-refractivity contribution < 1.29 is 9.18 Å². The van der Waals surface area contributed by atoms with E-state index in [1.165, 1.54) is 12.1 Å². The molecule has 0 unspecified atom stereocenters. The molecule has 1 aliphatic heterocycles. The number of carbonyl (C=O) groups is 1. The fraction of sp³-hybridized carbons (Fsp3) is 0.375. The van der Waals surface area contributed by atoms with E-state index in [2.05, 4.69) is 20.3 Å². The number of carbonyl (C=O) groups excluding carboxylic acids is 1. The van der Waals surface area contributed by atoms with Crippen LogP contribution < -0.4 is 5.32 Å². The van der Waals surface area contributed by atoms with E-state index in [1.807, 2.05) is 30.9 Å². The Morgan fingerprint density at radius 1 is 1.16 bits per heavy atom. The molecule has 0 aliphatic carbocycles. The van der Waals surface area contributed by atoms with Gasteiger partial charge in [0.15, 0.2) is 0 Å². The number of amides is 1. The quantitative estimate of drug-likeness (QED) is 0.609. The Labute approximate surface area is 187 Å². The number of aryl methyl sites for hydroxylation is 2. The first-order valence-electron chi connectivity index (χ1n) is 10.9. The van der Waals surface area contributed by atoms with Gasteiger partial charge in [-0.15, -0.1) is 0 Å². The second-order valence-corrected chi connectivity index (χ2v) is 8.14. The van der Waals surface area contributed by atoms with Crippen LogP contribution in [0.4, 0.5) is 10.3 Å². The fourth-order valence-electron chi connectivity index (χ4n) is 4.13. The molecule has 32 heavy (non-hydrogen) atoms. The molecule has 2 aromatic heterocycles. The van der Waals surface area contributed by atoms with Crippen molar-refractivity contribution in [3.63, 3.8) is 0 Å². The molecule has 1 N–H and O–H groups in total. The number of nitrogens with one attached hydrogen (secondary N) is 1. The topological polar surface area (TPSA) is 83.9 Å². The second-order valence-electron chi connectivity index (χ2n) is 8.14. The van der Waals surface area contributed by atoms with Gasteiger partial charge in [-0.2, -0.15) is 0 Å². The molecule has 0 bridgehead atoms. The van der Waals surface area contributed by atoms with Gasteiger partial charge in [0, 0.05) is 43.5 Å². The lowest BCUT2D eigenvalue weighted by Gasteiger charge is -2.24. The third kappa shape index (κ3) is 5.43. The molecule has 0 radical (unpaired) electrons. The number of likely N-dealkylation sites (tertiary alicyclic amines) is 1. The molecule has 8 heteroatoms. The van der Waals surface area contributed by atoms with Crippen LogP contribution in [0.2, 0.25) is 0 Å². The zero-order valence-electron chi connectivity index (χ0n) is 18.4. The average Bonchev–Trinajstić information content (AvgIpc) is 3.23. The summed E-state index contributed by atoms with van der Waals surface area (Å²) >= 11 is 0. The normalized spacial score (nSPS) is 15.7. The van der Waals surface area contributed by atoms with Crippen molar-refractivity contribution in [3.05, 3.63) is 76.9 Å². The summed E-state index contributed by atoms with van der Waals surface area (Å²) in [5, 5.41) is 3.15. The summed E-state index contributed by atoms with van der Waals surface area (Å²) in [6, 6.07) is 8.32. The lowest BCUT2D eigenvalue weighted by atomic mass is 10.1. The number of hydrogen-bond donors (Lipinski definition) is 1. The van der Waals surface area contributed by atoms with Crippen molar-refractivity contribution in [2.45, 2.75) is 45.6 Å². The Morgan fingerprint density at radius 3 is 2.75 bits per heavy atom. The summed E-state index contributed by atoms with van der Waals surface area (Å²) in [7, 11) is 0. The van der Waals surface area contributed by atoms with Crippen LogP contribution in [-0.4, -0.2) is 43.8 Å². The van der Waals surface area contributed by atoms with E-state index in [0.717, 1.165) is 41.2 Å². The van der Waals surface area contributed by atoms with Gasteiger partial charge in [0.2, 0.25) is 11.9 Å². The second kappa shape index (κ2) is 9.80. The number of hydrogen-bond acceptors (Lipinski definition) is 6. The van der Waals surface area contributed by atoms with Crippen molar-refractivity contribution in [2.24, 2.45) is 0 Å². The highest BCUT2D eigenvalue weighted by atomic mass is 19.1. The number of benzene rings is 1. The minimum atomic E-state index is -0.265. The summed E-state index contributed by atoms with van der Waals surface area (Å²) in [5.41, 5.74) is 4.18. The Bertz CT molecular complexity index is 1090. The van der Waals surface area contributed by atoms with E-state index in [4.69, 9.17) is 4.98 Å². The van der Waals surface area contributed by atoms with Crippen LogP contribution in [0.5, 0.6) is 0 Å². The highest BCUT2D eigenvalue weighted by Gasteiger charge is 2.31. The SMILES string of the molecule is Cc1cc(C)nc(NCCC(=O)N2CCC[C@H]2c2cncc(Cc3cccc(F)c3)n2)n1. The van der Waals surface area contributed by atoms with Crippen LogP contribution in [0.1, 0.15) is 53.6 Å². The molecule has 1 fully saturated rings. The molecule has 0 saturated carbocycles. The molecule has 1 atom stereocenters. The van der Waals surface area contributed by atoms with Gasteiger partial charge in [-0.3, -0.25) is 14.8 Å². The standard InChI is InChI=1S/C24H27FN6O/c1-16-11-17(2)29-24(28-16)27-9-8-23(32)31-10-4-7-22(31)21-15-26-14-20(30-21)13-18-5-3-6-19(25)12-18/h3,5-6,11-12,14-15,22H,4,7-10,13H2,1-2H3,(H,27,28,29)/t22-/m0/s1. The Morgan fingerprint density at radius 2 is 1.97 bits per heavy atom. The van der Waals surface area contributed by atoms with Crippen LogP contribution in [0, 0.1) is 19.7 Å². The molecule has 1 aromatic carbocycles. The van der Waals surface area contributed by atoms with E-state index in [-0.39, 0.29) is 17.8 Å². The van der Waals surface area contributed by atoms with Gasteiger partial charge >= 0.3 is 0 Å². The maximum Gasteiger partial charge on any atom is 0.224 e. The van der Waals surface area contributed by atoms with Gasteiger partial charge in [0.05, 0.1) is 23.6 Å². The summed E-state index contributed by atoms with van der Waals surface area (Å²) in [6.07, 6.45) is 6.07. The molecule has 1 amide bonds. The highest BCUT2D eigenvalue weighted by molar-refractivity contribution is 5.77. The molecule has 0 spiro atoms. The predicted octanol–water partition coefficient (Wildman–Crippen LogP) is 3.78. The first kappa shape index (κ1) is 21.8. The largest absolute Gasteiger partial charge is 0.354 e. The summed E-state index contributed by atoms with van der Waals surface area (Å²) in [6.45, 7) is 5.02. The molecule has 3 heterocycles. The van der Waals surface area contributed by atoms with E-state index >= 15 is 0 Å². The Balaban J connectivity index is 1.39. The van der Waals surface area contributed by atoms with Gasteiger partial charge in [-0.05, 0) is 50.5 Å². The van der Waals surface area contributed by atoms with E-state index in [1.54, 1.807) is 18.5 Å². The molecule has 1 saturated heterocycles. The number of nitrogens with zero attached hydrogens (tertiary/aromatic N) is 5. The van der Waals surface area contributed by atoms with Crippen molar-refractivity contribution in [1.82, 2.24) is 24.8 Å². The van der Waals surface area contributed by atoms with Gasteiger partial charge < -0.3 is 10.2 Å². The van der Waals surface area contributed by atoms with Gasteiger partial charge in [0.25, 0.3) is 0 Å². The van der Waals surface area contributed by atoms with Crippen molar-refractivity contribution in [2.75, 3.05) is 18.4 Å². The lowest BCUT2D eigenvalue weighted by molar-refractivity contribution is -0.131. The molecule has 3 aromatic rings. The molecule has 4 rings (SSSR count). The van der Waals surface area contributed by atoms with Crippen LogP contribution >= 0.6 is 0 Å². The smallest absolute Gasteiger partial charge is 0.224 e. The van der Waals surface area contributed by atoms with Gasteiger partial charge in [0.1, 0.15) is 5.82 Å². The highest BCUT2D eigenvalue weighted by Crippen LogP contribution is 2.31. The first-order valence-corrected chi connectivity index (χ1v) is 10.9. The Hall–Kier alpha value is -3.42. The minimum Gasteiger partial charge on any atom is -0.354 e. The third-order valence-corrected chi connectivity index (χ3v) is 5.50. The monoisotopic (exact) mass is 434 g/mol. The molecular weight excluding hydrogens is 407 g/mol. The summed E-state index contributed by atoms with van der Waals surface area (Å²) < 4.78 is 13.5. The Kier molecular flexibility index (Phi) is 6.68. The molecule has 166 valence electrons. The maximum absolute atomic E-state index is 13.5. The maximum atomic E-state index is 13.5. The van der Waals surface area contributed by atoms with Crippen LogP contribution in [-0.2, 0) is 11.2 Å². The molecule has 1 aliphatic rings. The fourth-order valence-corrected chi connectivity index (χ4v) is 4.13. The number of anilines is 1. The van der Waals surface area contributed by atoms with Crippen LogP contribution in [0.15, 0.2) is 42.7 Å². The van der Waals surface area contributed by atoms with Crippen LogP contribution in [0.25, 0.3) is 0 Å². The van der Waals surface area contributed by atoms with Crippen LogP contribution in [0.3, 0.4) is 0 Å². The van der Waals surface area contributed by atoms with E-state index in [9.17, 15) is 9.18 Å². The number of aromatic nitrogens is 4. The predicted molar refractivity (Wildman–Crippen MR) is 120 cm³/mol. The minimum absolute atomic E-state index is 0.0710. The van der Waals surface area contributed by atoms with Gasteiger partial charge in [-0.1, -0.05) is 12.1 Å². The third-order valence-electron chi connectivity index (χ3n) is 5.50. The van der Waals surface area contributed by atoms with Crippen molar-refractivity contribution >= 4 is 11.9 Å². The first-order chi connectivity index (χ1) is 15.5. The number of halogens is 1. The summed E-state index contributed by atoms with van der Waals surface area (Å²) in [4.78, 5) is 32.6. The van der Waals surface area contributed by atoms with E-state index in [0.29, 0.717) is 31.9 Å².